The molecule has 0 bridgehead atoms. The zero-order valence-electron chi connectivity index (χ0n) is 23.3. The van der Waals surface area contributed by atoms with E-state index < -0.39 is 35.8 Å². The van der Waals surface area contributed by atoms with Crippen molar-refractivity contribution in [1.29, 1.82) is 0 Å². The first-order chi connectivity index (χ1) is 18.6. The lowest BCUT2D eigenvalue weighted by atomic mass is 10.0. The zero-order valence-corrected chi connectivity index (χ0v) is 23.3. The highest BCUT2D eigenvalue weighted by Crippen LogP contribution is 2.22. The lowest BCUT2D eigenvalue weighted by molar-refractivity contribution is -0.149. The van der Waals surface area contributed by atoms with E-state index in [0.29, 0.717) is 17.0 Å². The first-order valence-corrected chi connectivity index (χ1v) is 13.1. The molecule has 11 heteroatoms. The van der Waals surface area contributed by atoms with E-state index in [0.717, 1.165) is 16.6 Å². The van der Waals surface area contributed by atoms with E-state index in [9.17, 15) is 19.2 Å². The molecule has 2 atom stereocenters. The van der Waals surface area contributed by atoms with E-state index in [4.69, 9.17) is 9.47 Å². The summed E-state index contributed by atoms with van der Waals surface area (Å²) in [4.78, 5) is 54.2. The second-order valence-electron chi connectivity index (χ2n) is 9.56. The molecule has 1 aromatic carbocycles. The van der Waals surface area contributed by atoms with Crippen molar-refractivity contribution in [3.05, 3.63) is 47.4 Å². The fourth-order valence-corrected chi connectivity index (χ4v) is 4.39. The van der Waals surface area contributed by atoms with Crippen molar-refractivity contribution in [3.8, 4) is 5.69 Å². The number of amides is 2. The van der Waals surface area contributed by atoms with Gasteiger partial charge in [0.2, 0.25) is 5.91 Å². The number of aromatic amines is 1. The number of carbonyl (C=O) groups excluding carboxylic acids is 4. The van der Waals surface area contributed by atoms with Crippen LogP contribution >= 0.6 is 0 Å². The number of nitrogens with one attached hydrogen (secondary N) is 3. The molecule has 0 aliphatic carbocycles. The number of ether oxygens (including phenoxy) is 2. The number of fused-ring (bicyclic) bond motifs is 1. The van der Waals surface area contributed by atoms with E-state index in [2.05, 4.69) is 20.7 Å². The molecule has 3 N–H and O–H groups in total. The molecule has 3 aromatic rings. The molecule has 2 aromatic heterocycles. The molecule has 11 nitrogen and oxygen atoms in total. The first-order valence-electron chi connectivity index (χ1n) is 13.1. The fraction of sp³-hybridized carbons (Fsp3) is 0.464. The highest BCUT2D eigenvalue weighted by molar-refractivity contribution is 6.00. The summed E-state index contributed by atoms with van der Waals surface area (Å²) in [6, 6.07) is 5.81. The minimum atomic E-state index is -1.06. The molecule has 0 aliphatic rings. The average molecular weight is 540 g/mol. The average Bonchev–Trinajstić information content (AvgIpc) is 3.47. The Hall–Kier alpha value is -4.15. The van der Waals surface area contributed by atoms with Gasteiger partial charge in [0.05, 0.1) is 35.9 Å². The van der Waals surface area contributed by atoms with Crippen molar-refractivity contribution in [2.24, 2.45) is 5.92 Å². The van der Waals surface area contributed by atoms with E-state index in [1.807, 2.05) is 30.5 Å². The molecule has 3 rings (SSSR count). The highest BCUT2D eigenvalue weighted by Gasteiger charge is 2.31. The predicted molar refractivity (Wildman–Crippen MR) is 145 cm³/mol. The van der Waals surface area contributed by atoms with Crippen LogP contribution in [0.25, 0.3) is 16.6 Å². The molecule has 0 fully saturated rings. The Labute approximate surface area is 227 Å². The number of H-pyrrole nitrogens is 1. The molecular formula is C28H37N5O6. The minimum Gasteiger partial charge on any atom is -0.466 e. The van der Waals surface area contributed by atoms with Crippen molar-refractivity contribution < 1.29 is 28.7 Å². The molecule has 0 aliphatic heterocycles. The Bertz CT molecular complexity index is 1340. The van der Waals surface area contributed by atoms with Gasteiger partial charge in [-0.3, -0.25) is 14.4 Å². The number of esters is 2. The molecule has 0 spiro atoms. The second kappa shape index (κ2) is 13.1. The lowest BCUT2D eigenvalue weighted by Crippen LogP contribution is -2.54. The van der Waals surface area contributed by atoms with Crippen molar-refractivity contribution >= 4 is 34.7 Å². The minimum absolute atomic E-state index is 0.0122. The van der Waals surface area contributed by atoms with Crippen LogP contribution in [0.2, 0.25) is 0 Å². The Morgan fingerprint density at radius 2 is 1.74 bits per heavy atom. The molecule has 0 saturated carbocycles. The van der Waals surface area contributed by atoms with E-state index in [1.165, 1.54) is 0 Å². The Balaban J connectivity index is 1.78. The largest absolute Gasteiger partial charge is 0.466 e. The van der Waals surface area contributed by atoms with Crippen LogP contribution in [0.15, 0.2) is 30.5 Å². The van der Waals surface area contributed by atoms with Crippen molar-refractivity contribution in [2.45, 2.75) is 66.5 Å². The third-order valence-corrected chi connectivity index (χ3v) is 6.37. The first kappa shape index (κ1) is 29.4. The van der Waals surface area contributed by atoms with E-state index >= 15 is 0 Å². The Morgan fingerprint density at radius 1 is 1.03 bits per heavy atom. The smallest absolute Gasteiger partial charge is 0.328 e. The lowest BCUT2D eigenvalue weighted by Gasteiger charge is -2.25. The van der Waals surface area contributed by atoms with Gasteiger partial charge in [-0.15, -0.1) is 0 Å². The molecular weight excluding hydrogens is 502 g/mol. The second-order valence-corrected chi connectivity index (χ2v) is 9.56. The molecule has 210 valence electrons. The Kier molecular flexibility index (Phi) is 9.86. The van der Waals surface area contributed by atoms with Crippen molar-refractivity contribution in [3.63, 3.8) is 0 Å². The maximum absolute atomic E-state index is 13.4. The van der Waals surface area contributed by atoms with Crippen LogP contribution in [-0.2, 0) is 23.9 Å². The predicted octanol–water partition coefficient (Wildman–Crippen LogP) is 3.12. The number of aromatic nitrogens is 3. The monoisotopic (exact) mass is 539 g/mol. The van der Waals surface area contributed by atoms with Gasteiger partial charge in [-0.1, -0.05) is 19.9 Å². The number of aryl methyl sites for hydroxylation is 1. The SMILES string of the molecule is CCOC(=O)CC[C@@H](NC(=O)[C@@H](NC(=O)c1c(C)nn(-c2ccc3cc[nH]c3c2)c1C)C(C)C)C(=O)OCC. The van der Waals surface area contributed by atoms with Crippen LogP contribution in [0, 0.1) is 19.8 Å². The quantitative estimate of drug-likeness (QED) is 0.300. The van der Waals surface area contributed by atoms with Gasteiger partial charge in [0.15, 0.2) is 0 Å². The van der Waals surface area contributed by atoms with Gasteiger partial charge >= 0.3 is 11.9 Å². The van der Waals surface area contributed by atoms with Crippen LogP contribution in [-0.4, -0.2) is 63.8 Å². The summed E-state index contributed by atoms with van der Waals surface area (Å²) in [5.74, 6) is -2.44. The number of carbonyl (C=O) groups is 4. The summed E-state index contributed by atoms with van der Waals surface area (Å²) in [5, 5.41) is 11.1. The van der Waals surface area contributed by atoms with Gasteiger partial charge in [0.1, 0.15) is 12.1 Å². The van der Waals surface area contributed by atoms with Crippen molar-refractivity contribution in [1.82, 2.24) is 25.4 Å². The highest BCUT2D eigenvalue weighted by atomic mass is 16.5. The summed E-state index contributed by atoms with van der Waals surface area (Å²) >= 11 is 0. The van der Waals surface area contributed by atoms with E-state index in [-0.39, 0.29) is 32.0 Å². The molecule has 0 radical (unpaired) electrons. The number of hydrogen-bond donors (Lipinski definition) is 3. The van der Waals surface area contributed by atoms with Crippen LogP contribution in [0.1, 0.15) is 62.3 Å². The third kappa shape index (κ3) is 7.04. The summed E-state index contributed by atoms with van der Waals surface area (Å²) < 4.78 is 11.7. The van der Waals surface area contributed by atoms with Gasteiger partial charge in [-0.2, -0.15) is 5.10 Å². The summed E-state index contributed by atoms with van der Waals surface area (Å²) in [5.41, 5.74) is 3.24. The fourth-order valence-electron chi connectivity index (χ4n) is 4.39. The summed E-state index contributed by atoms with van der Waals surface area (Å²) in [7, 11) is 0. The molecule has 2 heterocycles. The normalized spacial score (nSPS) is 12.7. The Morgan fingerprint density at radius 3 is 2.41 bits per heavy atom. The molecule has 0 saturated heterocycles. The van der Waals surface area contributed by atoms with Gasteiger partial charge in [-0.05, 0) is 63.6 Å². The molecule has 2 amide bonds. The van der Waals surface area contributed by atoms with Crippen LogP contribution in [0.4, 0.5) is 0 Å². The van der Waals surface area contributed by atoms with Crippen LogP contribution in [0.5, 0.6) is 0 Å². The standard InChI is InChI=1S/C28H37N5O6/c1-7-38-23(34)12-11-21(28(37)39-8-2)30-27(36)25(16(3)4)31-26(35)24-17(5)32-33(18(24)6)20-10-9-19-13-14-29-22(19)15-20/h9-10,13-16,21,25,29H,7-8,11-12H2,1-6H3,(H,30,36)(H,31,35)/t21-,25+/m1/s1. The van der Waals surface area contributed by atoms with Crippen molar-refractivity contribution in [2.75, 3.05) is 13.2 Å². The van der Waals surface area contributed by atoms with E-state index in [1.54, 1.807) is 46.2 Å². The zero-order chi connectivity index (χ0) is 28.7. The maximum atomic E-state index is 13.4. The van der Waals surface area contributed by atoms with Gasteiger partial charge in [0.25, 0.3) is 5.91 Å². The topological polar surface area (TPSA) is 144 Å². The maximum Gasteiger partial charge on any atom is 0.328 e. The summed E-state index contributed by atoms with van der Waals surface area (Å²) in [6.07, 6.45) is 1.80. The molecule has 0 unspecified atom stereocenters. The molecule has 39 heavy (non-hydrogen) atoms. The van der Waals surface area contributed by atoms with Gasteiger partial charge < -0.3 is 25.1 Å². The van der Waals surface area contributed by atoms with Gasteiger partial charge in [-0.25, -0.2) is 9.48 Å². The number of hydrogen-bond acceptors (Lipinski definition) is 7. The number of rotatable bonds is 12. The van der Waals surface area contributed by atoms with Crippen LogP contribution in [0.3, 0.4) is 0 Å². The number of benzene rings is 1. The third-order valence-electron chi connectivity index (χ3n) is 6.37. The summed E-state index contributed by atoms with van der Waals surface area (Å²) in [6.45, 7) is 10.8. The van der Waals surface area contributed by atoms with Crippen LogP contribution < -0.4 is 10.6 Å². The van der Waals surface area contributed by atoms with Gasteiger partial charge in [0, 0.05) is 18.1 Å². The number of nitrogens with zero attached hydrogens (tertiary/aromatic N) is 2.